The van der Waals surface area contributed by atoms with Crippen LogP contribution in [0.3, 0.4) is 0 Å². The fourth-order valence-corrected chi connectivity index (χ4v) is 5.13. The normalized spacial score (nSPS) is 17.9. The quantitative estimate of drug-likeness (QED) is 0.288. The second-order valence-corrected chi connectivity index (χ2v) is 9.18. The molecule has 2 aromatic rings. The van der Waals surface area contributed by atoms with Gasteiger partial charge >= 0.3 is 0 Å². The van der Waals surface area contributed by atoms with Crippen LogP contribution in [0.15, 0.2) is 34.8 Å². The molecule has 2 aromatic heterocycles. The molecule has 0 bridgehead atoms. The lowest BCUT2D eigenvalue weighted by Crippen LogP contribution is -2.48. The number of aliphatic imine (C=N–C) groups is 1. The SMILES string of the molecule is CCNC(=NCCc1csc(N2CCCC2)n1)NC1CCN(Cc2ccccn2)CC1.I. The zero-order valence-electron chi connectivity index (χ0n) is 19.0. The molecule has 0 unspecified atom stereocenters. The minimum Gasteiger partial charge on any atom is -0.357 e. The Kier molecular flexibility index (Phi) is 10.5. The van der Waals surface area contributed by atoms with Crippen LogP contribution >= 0.6 is 35.3 Å². The Hall–Kier alpha value is -1.46. The maximum Gasteiger partial charge on any atom is 0.191 e. The van der Waals surface area contributed by atoms with Crippen molar-refractivity contribution >= 4 is 46.4 Å². The molecule has 2 aliphatic rings. The maximum absolute atomic E-state index is 4.82. The first-order valence-electron chi connectivity index (χ1n) is 11.7. The van der Waals surface area contributed by atoms with Crippen molar-refractivity contribution in [1.29, 1.82) is 0 Å². The Labute approximate surface area is 213 Å². The molecule has 0 radical (unpaired) electrons. The number of piperidine rings is 1. The van der Waals surface area contributed by atoms with Gasteiger partial charge in [-0.3, -0.25) is 14.9 Å². The lowest BCUT2D eigenvalue weighted by molar-refractivity contribution is 0.196. The van der Waals surface area contributed by atoms with Gasteiger partial charge in [0.05, 0.1) is 11.4 Å². The molecule has 0 aliphatic carbocycles. The number of rotatable bonds is 8. The molecule has 0 saturated carbocycles. The van der Waals surface area contributed by atoms with E-state index in [-0.39, 0.29) is 24.0 Å². The van der Waals surface area contributed by atoms with Crippen molar-refractivity contribution in [2.45, 2.75) is 51.6 Å². The number of pyridine rings is 1. The summed E-state index contributed by atoms with van der Waals surface area (Å²) >= 11 is 1.77. The number of halogens is 1. The van der Waals surface area contributed by atoms with Crippen LogP contribution < -0.4 is 15.5 Å². The second kappa shape index (κ2) is 13.3. The van der Waals surface area contributed by atoms with Gasteiger partial charge in [0, 0.05) is 69.9 Å². The van der Waals surface area contributed by atoms with Crippen LogP contribution in [0, 0.1) is 0 Å². The highest BCUT2D eigenvalue weighted by molar-refractivity contribution is 14.0. The monoisotopic (exact) mass is 569 g/mol. The van der Waals surface area contributed by atoms with Crippen LogP contribution in [-0.4, -0.2) is 66.1 Å². The number of anilines is 1. The summed E-state index contributed by atoms with van der Waals surface area (Å²) in [7, 11) is 0. The minimum atomic E-state index is 0. The van der Waals surface area contributed by atoms with Gasteiger partial charge in [0.15, 0.2) is 11.1 Å². The molecule has 0 spiro atoms. The van der Waals surface area contributed by atoms with E-state index < -0.39 is 0 Å². The average Bonchev–Trinajstić information content (AvgIpc) is 3.48. The smallest absolute Gasteiger partial charge is 0.191 e. The molecule has 7 nitrogen and oxygen atoms in total. The molecule has 0 amide bonds. The third-order valence-corrected chi connectivity index (χ3v) is 6.89. The van der Waals surface area contributed by atoms with Gasteiger partial charge in [0.1, 0.15) is 0 Å². The van der Waals surface area contributed by atoms with Crippen LogP contribution in [0.25, 0.3) is 0 Å². The Morgan fingerprint density at radius 2 is 1.97 bits per heavy atom. The Balaban J connectivity index is 0.00000289. The molecule has 0 atom stereocenters. The molecule has 2 fully saturated rings. The van der Waals surface area contributed by atoms with Crippen molar-refractivity contribution in [3.05, 3.63) is 41.2 Å². The zero-order valence-corrected chi connectivity index (χ0v) is 22.1. The predicted octanol–water partition coefficient (Wildman–Crippen LogP) is 3.52. The molecular formula is C23H36IN7S. The summed E-state index contributed by atoms with van der Waals surface area (Å²) in [5, 5.41) is 10.4. The molecule has 2 saturated heterocycles. The number of likely N-dealkylation sites (tertiary alicyclic amines) is 1. The lowest BCUT2D eigenvalue weighted by atomic mass is 10.0. The maximum atomic E-state index is 4.82. The summed E-state index contributed by atoms with van der Waals surface area (Å²) in [4.78, 5) is 19.0. The van der Waals surface area contributed by atoms with Gasteiger partial charge in [-0.2, -0.15) is 0 Å². The van der Waals surface area contributed by atoms with E-state index >= 15 is 0 Å². The largest absolute Gasteiger partial charge is 0.357 e. The summed E-state index contributed by atoms with van der Waals surface area (Å²) in [6.07, 6.45) is 7.61. The van der Waals surface area contributed by atoms with Crippen molar-refractivity contribution in [3.63, 3.8) is 0 Å². The average molecular weight is 570 g/mol. The molecule has 4 heterocycles. The van der Waals surface area contributed by atoms with E-state index in [1.165, 1.54) is 18.0 Å². The summed E-state index contributed by atoms with van der Waals surface area (Å²) in [5.41, 5.74) is 2.31. The number of thiazole rings is 1. The molecule has 176 valence electrons. The van der Waals surface area contributed by atoms with E-state index in [1.807, 2.05) is 12.3 Å². The van der Waals surface area contributed by atoms with Crippen LogP contribution in [0.1, 0.15) is 44.0 Å². The molecular weight excluding hydrogens is 533 g/mol. The van der Waals surface area contributed by atoms with Gasteiger partial charge in [-0.25, -0.2) is 4.98 Å². The zero-order chi connectivity index (χ0) is 21.3. The highest BCUT2D eigenvalue weighted by Crippen LogP contribution is 2.24. The topological polar surface area (TPSA) is 68.7 Å². The second-order valence-electron chi connectivity index (χ2n) is 8.34. The standard InChI is InChI=1S/C23H35N7S.HI/c1-2-24-22(26-12-8-21-18-31-23(28-21)30-13-5-6-14-30)27-19-9-15-29(16-10-19)17-20-7-3-4-11-25-20;/h3-4,7,11,18-19H,2,5-6,8-10,12-17H2,1H3,(H2,24,26,27);1H. The van der Waals surface area contributed by atoms with Gasteiger partial charge in [0.25, 0.3) is 0 Å². The number of nitrogens with one attached hydrogen (secondary N) is 2. The first-order valence-corrected chi connectivity index (χ1v) is 12.5. The van der Waals surface area contributed by atoms with Gasteiger partial charge in [-0.15, -0.1) is 35.3 Å². The van der Waals surface area contributed by atoms with E-state index in [4.69, 9.17) is 9.98 Å². The van der Waals surface area contributed by atoms with Gasteiger partial charge in [0.2, 0.25) is 0 Å². The predicted molar refractivity (Wildman–Crippen MR) is 144 cm³/mol. The Morgan fingerprint density at radius 3 is 2.69 bits per heavy atom. The summed E-state index contributed by atoms with van der Waals surface area (Å²) < 4.78 is 0. The summed E-state index contributed by atoms with van der Waals surface area (Å²) in [5.74, 6) is 0.931. The van der Waals surface area contributed by atoms with Gasteiger partial charge in [-0.1, -0.05) is 6.07 Å². The first kappa shape index (κ1) is 25.2. The van der Waals surface area contributed by atoms with Crippen molar-refractivity contribution in [2.24, 2.45) is 4.99 Å². The third kappa shape index (κ3) is 7.55. The molecule has 2 aliphatic heterocycles. The van der Waals surface area contributed by atoms with Gasteiger partial charge < -0.3 is 15.5 Å². The molecule has 32 heavy (non-hydrogen) atoms. The summed E-state index contributed by atoms with van der Waals surface area (Å²) in [6.45, 7) is 9.18. The molecule has 4 rings (SSSR count). The van der Waals surface area contributed by atoms with E-state index in [0.29, 0.717) is 6.04 Å². The van der Waals surface area contributed by atoms with Crippen LogP contribution in [0.2, 0.25) is 0 Å². The van der Waals surface area contributed by atoms with E-state index in [9.17, 15) is 0 Å². The van der Waals surface area contributed by atoms with Crippen molar-refractivity contribution in [2.75, 3.05) is 44.2 Å². The van der Waals surface area contributed by atoms with E-state index in [2.05, 4.69) is 49.9 Å². The fraction of sp³-hybridized carbons (Fsp3) is 0.609. The number of hydrogen-bond donors (Lipinski definition) is 2. The minimum absolute atomic E-state index is 0. The number of aromatic nitrogens is 2. The number of guanidine groups is 1. The number of hydrogen-bond acceptors (Lipinski definition) is 6. The first-order chi connectivity index (χ1) is 15.3. The molecule has 0 aromatic carbocycles. The Bertz CT molecular complexity index is 815. The number of nitrogens with zero attached hydrogens (tertiary/aromatic N) is 5. The highest BCUT2D eigenvalue weighted by Gasteiger charge is 2.20. The Morgan fingerprint density at radius 1 is 1.16 bits per heavy atom. The van der Waals surface area contributed by atoms with E-state index in [1.54, 1.807) is 11.3 Å². The fourth-order valence-electron chi connectivity index (χ4n) is 4.22. The third-order valence-electron chi connectivity index (χ3n) is 5.94. The van der Waals surface area contributed by atoms with E-state index in [0.717, 1.165) is 82.4 Å². The molecule has 2 N–H and O–H groups in total. The van der Waals surface area contributed by atoms with Crippen LogP contribution in [0.4, 0.5) is 5.13 Å². The lowest BCUT2D eigenvalue weighted by Gasteiger charge is -2.32. The van der Waals surface area contributed by atoms with Gasteiger partial charge in [-0.05, 0) is 44.7 Å². The van der Waals surface area contributed by atoms with Crippen LogP contribution in [-0.2, 0) is 13.0 Å². The van der Waals surface area contributed by atoms with Crippen molar-refractivity contribution < 1.29 is 0 Å². The van der Waals surface area contributed by atoms with Crippen molar-refractivity contribution in [3.8, 4) is 0 Å². The highest BCUT2D eigenvalue weighted by atomic mass is 127. The van der Waals surface area contributed by atoms with Crippen LogP contribution in [0.5, 0.6) is 0 Å². The summed E-state index contributed by atoms with van der Waals surface area (Å²) in [6, 6.07) is 6.62. The van der Waals surface area contributed by atoms with Crippen molar-refractivity contribution in [1.82, 2.24) is 25.5 Å². The molecule has 9 heteroatoms.